The molecule has 0 aliphatic carbocycles. The van der Waals surface area contributed by atoms with Crippen LogP contribution in [-0.2, 0) is 9.53 Å². The summed E-state index contributed by atoms with van der Waals surface area (Å²) in [4.78, 5) is 13.0. The van der Waals surface area contributed by atoms with Gasteiger partial charge in [-0.05, 0) is 26.2 Å². The molecular weight excluding hydrogens is 194 g/mol. The molecule has 1 N–H and O–H groups in total. The zero-order valence-electron chi connectivity index (χ0n) is 9.82. The second-order valence-electron chi connectivity index (χ2n) is 4.92. The summed E-state index contributed by atoms with van der Waals surface area (Å²) in [5, 5.41) is 8.76. The van der Waals surface area contributed by atoms with Crippen molar-refractivity contribution in [3.05, 3.63) is 0 Å². The number of ether oxygens (including phenoxy) is 1. The maximum absolute atomic E-state index is 10.6. The van der Waals surface area contributed by atoms with Gasteiger partial charge in [-0.3, -0.25) is 9.69 Å². The number of methoxy groups -OCH3 is 1. The van der Waals surface area contributed by atoms with E-state index in [4.69, 9.17) is 9.84 Å². The van der Waals surface area contributed by atoms with E-state index in [0.29, 0.717) is 6.61 Å². The van der Waals surface area contributed by atoms with Crippen LogP contribution in [0.2, 0.25) is 0 Å². The van der Waals surface area contributed by atoms with E-state index in [1.807, 2.05) is 0 Å². The maximum atomic E-state index is 10.6. The summed E-state index contributed by atoms with van der Waals surface area (Å²) in [6, 6.07) is 0. The molecule has 0 saturated carbocycles. The normalized spacial score (nSPS) is 25.7. The first kappa shape index (κ1) is 12.5. The molecule has 0 aromatic carbocycles. The number of hydrogen-bond donors (Lipinski definition) is 1. The van der Waals surface area contributed by atoms with Crippen molar-refractivity contribution in [3.63, 3.8) is 0 Å². The predicted octanol–water partition coefficient (Wildman–Crippen LogP) is 1.21. The molecule has 88 valence electrons. The summed E-state index contributed by atoms with van der Waals surface area (Å²) in [6.45, 7) is 6.82. The molecule has 0 radical (unpaired) electrons. The van der Waals surface area contributed by atoms with Gasteiger partial charge in [-0.1, -0.05) is 0 Å². The highest BCUT2D eigenvalue weighted by Gasteiger charge is 2.38. The molecule has 15 heavy (non-hydrogen) atoms. The number of carboxylic acid groups (broad SMARTS) is 1. The number of rotatable bonds is 5. The zero-order chi connectivity index (χ0) is 11.5. The molecule has 1 rings (SSSR count). The average molecular weight is 215 g/mol. The molecule has 1 atom stereocenters. The van der Waals surface area contributed by atoms with Crippen LogP contribution in [0.15, 0.2) is 0 Å². The molecule has 1 fully saturated rings. The summed E-state index contributed by atoms with van der Waals surface area (Å²) < 4.78 is 5.06. The molecule has 1 heterocycles. The lowest BCUT2D eigenvalue weighted by molar-refractivity contribution is -0.138. The van der Waals surface area contributed by atoms with Gasteiger partial charge in [-0.25, -0.2) is 0 Å². The zero-order valence-corrected chi connectivity index (χ0v) is 9.82. The van der Waals surface area contributed by atoms with Gasteiger partial charge < -0.3 is 9.84 Å². The number of hydrogen-bond acceptors (Lipinski definition) is 3. The summed E-state index contributed by atoms with van der Waals surface area (Å²) in [7, 11) is 1.69. The van der Waals surface area contributed by atoms with Crippen molar-refractivity contribution in [2.45, 2.75) is 32.2 Å². The van der Waals surface area contributed by atoms with Crippen LogP contribution in [0.3, 0.4) is 0 Å². The van der Waals surface area contributed by atoms with Gasteiger partial charge in [0.25, 0.3) is 0 Å². The summed E-state index contributed by atoms with van der Waals surface area (Å²) in [5.41, 5.74) is 0.110. The van der Waals surface area contributed by atoms with E-state index in [2.05, 4.69) is 18.7 Å². The Labute approximate surface area is 91.2 Å². The molecule has 0 amide bonds. The highest BCUT2D eigenvalue weighted by molar-refractivity contribution is 5.67. The van der Waals surface area contributed by atoms with E-state index in [1.54, 1.807) is 7.11 Å². The molecule has 0 spiro atoms. The fourth-order valence-electron chi connectivity index (χ4n) is 2.44. The lowest BCUT2D eigenvalue weighted by atomic mass is 9.94. The fraction of sp³-hybridized carbons (Fsp3) is 0.909. The van der Waals surface area contributed by atoms with E-state index in [-0.39, 0.29) is 17.9 Å². The minimum absolute atomic E-state index is 0.110. The maximum Gasteiger partial charge on any atom is 0.303 e. The topological polar surface area (TPSA) is 49.8 Å². The highest BCUT2D eigenvalue weighted by atomic mass is 16.5. The van der Waals surface area contributed by atoms with Crippen LogP contribution < -0.4 is 0 Å². The van der Waals surface area contributed by atoms with E-state index in [9.17, 15) is 4.79 Å². The largest absolute Gasteiger partial charge is 0.481 e. The van der Waals surface area contributed by atoms with Crippen LogP contribution in [0.4, 0.5) is 0 Å². The second kappa shape index (κ2) is 4.94. The molecule has 0 aromatic heterocycles. The van der Waals surface area contributed by atoms with Crippen LogP contribution in [0.25, 0.3) is 0 Å². The first-order valence-corrected chi connectivity index (χ1v) is 5.41. The number of carbonyl (C=O) groups is 1. The van der Waals surface area contributed by atoms with Crippen LogP contribution >= 0.6 is 0 Å². The minimum Gasteiger partial charge on any atom is -0.481 e. The molecule has 0 aromatic rings. The molecular formula is C11H21NO3. The van der Waals surface area contributed by atoms with Crippen molar-refractivity contribution in [2.75, 3.05) is 26.8 Å². The van der Waals surface area contributed by atoms with Crippen molar-refractivity contribution in [1.29, 1.82) is 0 Å². The summed E-state index contributed by atoms with van der Waals surface area (Å²) in [6.07, 6.45) is 1.25. The smallest absolute Gasteiger partial charge is 0.303 e. The van der Waals surface area contributed by atoms with Crippen molar-refractivity contribution in [2.24, 2.45) is 5.92 Å². The molecule has 1 aliphatic heterocycles. The third kappa shape index (κ3) is 3.47. The lowest BCUT2D eigenvalue weighted by Gasteiger charge is -2.31. The van der Waals surface area contributed by atoms with E-state index >= 15 is 0 Å². The van der Waals surface area contributed by atoms with Gasteiger partial charge >= 0.3 is 5.97 Å². The minimum atomic E-state index is -0.690. The quantitative estimate of drug-likeness (QED) is 0.749. The van der Waals surface area contributed by atoms with Gasteiger partial charge in [0.2, 0.25) is 0 Å². The third-order valence-corrected chi connectivity index (χ3v) is 3.15. The number of aliphatic carboxylic acids is 1. The summed E-state index contributed by atoms with van der Waals surface area (Å²) >= 11 is 0. The Morgan fingerprint density at radius 2 is 2.27 bits per heavy atom. The van der Waals surface area contributed by atoms with Gasteiger partial charge in [0, 0.05) is 32.2 Å². The highest BCUT2D eigenvalue weighted by Crippen LogP contribution is 2.33. The summed E-state index contributed by atoms with van der Waals surface area (Å²) in [5.74, 6) is -0.404. The lowest BCUT2D eigenvalue weighted by Crippen LogP contribution is -2.40. The van der Waals surface area contributed by atoms with E-state index < -0.39 is 5.97 Å². The van der Waals surface area contributed by atoms with Gasteiger partial charge in [0.15, 0.2) is 0 Å². The fourth-order valence-corrected chi connectivity index (χ4v) is 2.44. The number of carboxylic acids is 1. The standard InChI is InChI=1S/C11H21NO3/c1-11(2)7-9(6-10(13)14)8-12(11)4-5-15-3/h9H,4-8H2,1-3H3,(H,13,14). The van der Waals surface area contributed by atoms with Crippen molar-refractivity contribution >= 4 is 5.97 Å². The first-order chi connectivity index (χ1) is 6.95. The van der Waals surface area contributed by atoms with Crippen LogP contribution in [0.5, 0.6) is 0 Å². The van der Waals surface area contributed by atoms with Crippen LogP contribution in [-0.4, -0.2) is 48.3 Å². The first-order valence-electron chi connectivity index (χ1n) is 5.41. The van der Waals surface area contributed by atoms with Gasteiger partial charge in [-0.15, -0.1) is 0 Å². The Morgan fingerprint density at radius 1 is 1.60 bits per heavy atom. The Morgan fingerprint density at radius 3 is 2.80 bits per heavy atom. The van der Waals surface area contributed by atoms with Crippen molar-refractivity contribution in [3.8, 4) is 0 Å². The molecule has 1 aliphatic rings. The number of nitrogens with zero attached hydrogens (tertiary/aromatic N) is 1. The Bertz CT molecular complexity index is 228. The molecule has 1 saturated heterocycles. The monoisotopic (exact) mass is 215 g/mol. The molecule has 4 heteroatoms. The molecule has 0 bridgehead atoms. The van der Waals surface area contributed by atoms with Gasteiger partial charge in [0.1, 0.15) is 0 Å². The average Bonchev–Trinajstić information content (AvgIpc) is 2.35. The van der Waals surface area contributed by atoms with Crippen LogP contribution in [0, 0.1) is 5.92 Å². The Kier molecular flexibility index (Phi) is 4.11. The van der Waals surface area contributed by atoms with E-state index in [1.165, 1.54) is 0 Å². The van der Waals surface area contributed by atoms with Crippen molar-refractivity contribution < 1.29 is 14.6 Å². The molecule has 1 unspecified atom stereocenters. The second-order valence-corrected chi connectivity index (χ2v) is 4.92. The Balaban J connectivity index is 2.48. The van der Waals surface area contributed by atoms with Gasteiger partial charge in [0.05, 0.1) is 6.61 Å². The third-order valence-electron chi connectivity index (χ3n) is 3.15. The van der Waals surface area contributed by atoms with E-state index in [0.717, 1.165) is 19.5 Å². The molecule has 4 nitrogen and oxygen atoms in total. The number of likely N-dealkylation sites (tertiary alicyclic amines) is 1. The van der Waals surface area contributed by atoms with Crippen molar-refractivity contribution in [1.82, 2.24) is 4.90 Å². The van der Waals surface area contributed by atoms with Gasteiger partial charge in [-0.2, -0.15) is 0 Å². The Hall–Kier alpha value is -0.610. The SMILES string of the molecule is COCCN1CC(CC(=O)O)CC1(C)C. The van der Waals surface area contributed by atoms with Crippen LogP contribution in [0.1, 0.15) is 26.7 Å². The predicted molar refractivity (Wildman–Crippen MR) is 57.9 cm³/mol.